The van der Waals surface area contributed by atoms with Crippen LogP contribution in [0.3, 0.4) is 0 Å². The normalized spacial score (nSPS) is 11.0. The van der Waals surface area contributed by atoms with E-state index in [4.69, 9.17) is 11.1 Å². The lowest BCUT2D eigenvalue weighted by atomic mass is 10.1. The fourth-order valence-corrected chi connectivity index (χ4v) is 3.66. The number of aromatic amines is 1. The number of nitrogens with two attached hydrogens (primary N) is 1. The van der Waals surface area contributed by atoms with Gasteiger partial charge in [-0.25, -0.2) is 0 Å². The number of rotatable bonds is 8. The summed E-state index contributed by atoms with van der Waals surface area (Å²) in [6, 6.07) is 15.9. The third kappa shape index (κ3) is 5.24. The minimum Gasteiger partial charge on any atom is -0.370 e. The van der Waals surface area contributed by atoms with Gasteiger partial charge in [-0.1, -0.05) is 52.3 Å². The van der Waals surface area contributed by atoms with Gasteiger partial charge in [-0.3, -0.25) is 14.6 Å². The first kappa shape index (κ1) is 21.8. The predicted molar refractivity (Wildman–Crippen MR) is 131 cm³/mol. The Balaban J connectivity index is 1.46. The molecule has 0 spiro atoms. The summed E-state index contributed by atoms with van der Waals surface area (Å²) >= 11 is 3.44. The van der Waals surface area contributed by atoms with Crippen molar-refractivity contribution in [2.45, 2.75) is 13.0 Å². The molecule has 0 aliphatic rings. The molecule has 164 valence electrons. The molecule has 0 saturated heterocycles. The van der Waals surface area contributed by atoms with Crippen LogP contribution < -0.4 is 21.9 Å². The molecular weight excluding hydrogens is 470 g/mol. The van der Waals surface area contributed by atoms with Crippen molar-refractivity contribution in [2.24, 2.45) is 5.73 Å². The van der Waals surface area contributed by atoms with E-state index < -0.39 is 0 Å². The molecule has 4 rings (SSSR count). The molecule has 0 saturated carbocycles. The second kappa shape index (κ2) is 9.80. The van der Waals surface area contributed by atoms with E-state index in [0.29, 0.717) is 17.9 Å². The maximum absolute atomic E-state index is 12.6. The molecule has 0 radical (unpaired) electrons. The highest BCUT2D eigenvalue weighted by molar-refractivity contribution is 9.10. The van der Waals surface area contributed by atoms with Gasteiger partial charge in [0.2, 0.25) is 5.78 Å². The summed E-state index contributed by atoms with van der Waals surface area (Å²) in [6.07, 6.45) is 4.63. The average Bonchev–Trinajstić information content (AvgIpc) is 3.19. The minimum absolute atomic E-state index is 0.00616. The van der Waals surface area contributed by atoms with Crippen LogP contribution in [0.25, 0.3) is 28.2 Å². The second-order valence-corrected chi connectivity index (χ2v) is 8.35. The van der Waals surface area contributed by atoms with Gasteiger partial charge in [-0.15, -0.1) is 0 Å². The number of fused-ring (bicyclic) bond motifs is 1. The molecule has 0 amide bonds. The summed E-state index contributed by atoms with van der Waals surface area (Å²) in [5.74, 6) is 0.505. The topological polar surface area (TPSA) is 124 Å². The van der Waals surface area contributed by atoms with E-state index in [9.17, 15) is 4.79 Å². The summed E-state index contributed by atoms with van der Waals surface area (Å²) < 4.78 is 2.86. The van der Waals surface area contributed by atoms with Crippen molar-refractivity contribution in [3.05, 3.63) is 81.3 Å². The number of guanidine groups is 1. The first-order valence-corrected chi connectivity index (χ1v) is 11.0. The lowest BCUT2D eigenvalue weighted by Crippen LogP contribution is -2.32. The van der Waals surface area contributed by atoms with Crippen LogP contribution in [0.4, 0.5) is 0 Å². The zero-order valence-electron chi connectivity index (χ0n) is 17.4. The Hall–Kier alpha value is -3.43. The molecule has 6 N–H and O–H groups in total. The molecule has 0 unspecified atom stereocenters. The van der Waals surface area contributed by atoms with Crippen molar-refractivity contribution in [3.63, 3.8) is 0 Å². The Bertz CT molecular complexity index is 1280. The largest absolute Gasteiger partial charge is 0.370 e. The van der Waals surface area contributed by atoms with Gasteiger partial charge in [-0.05, 0) is 41.8 Å². The van der Waals surface area contributed by atoms with Gasteiger partial charge in [0.05, 0.1) is 11.3 Å². The van der Waals surface area contributed by atoms with Gasteiger partial charge in [0.1, 0.15) is 0 Å². The highest BCUT2D eigenvalue weighted by Crippen LogP contribution is 2.22. The highest BCUT2D eigenvalue weighted by atomic mass is 79.9. The molecule has 0 aliphatic carbocycles. The molecule has 0 fully saturated rings. The highest BCUT2D eigenvalue weighted by Gasteiger charge is 2.10. The van der Waals surface area contributed by atoms with Crippen molar-refractivity contribution >= 4 is 27.7 Å². The van der Waals surface area contributed by atoms with Crippen LogP contribution in [0.15, 0.2) is 70.2 Å². The standard InChI is InChI=1S/C23H24BrN7O/c24-18-8-6-17(7-9-18)20-14-31-13-19(21(32)30-23(31)29-20)16-4-2-15(3-5-16)12-27-10-1-11-28-22(25)26/h2-9,13-14,27H,1,10-12H2,(H4,25,26,28)(H,29,30,32). The third-order valence-corrected chi connectivity index (χ3v) is 5.59. The monoisotopic (exact) mass is 493 g/mol. The summed E-state index contributed by atoms with van der Waals surface area (Å²) in [7, 11) is 0. The molecule has 8 nitrogen and oxygen atoms in total. The van der Waals surface area contributed by atoms with Gasteiger partial charge in [0.15, 0.2) is 5.96 Å². The number of nitrogens with one attached hydrogen (secondary N) is 4. The van der Waals surface area contributed by atoms with Crippen LogP contribution in [0.5, 0.6) is 0 Å². The van der Waals surface area contributed by atoms with Gasteiger partial charge in [0, 0.05) is 30.0 Å². The Morgan fingerprint density at radius 3 is 2.50 bits per heavy atom. The first-order chi connectivity index (χ1) is 15.5. The van der Waals surface area contributed by atoms with Crippen LogP contribution in [-0.4, -0.2) is 33.4 Å². The smallest absolute Gasteiger partial charge is 0.282 e. The van der Waals surface area contributed by atoms with Crippen LogP contribution in [0.2, 0.25) is 0 Å². The summed E-state index contributed by atoms with van der Waals surface area (Å²) in [5.41, 5.74) is 9.41. The number of halogens is 1. The summed E-state index contributed by atoms with van der Waals surface area (Å²) in [6.45, 7) is 2.21. The van der Waals surface area contributed by atoms with Crippen molar-refractivity contribution in [2.75, 3.05) is 13.1 Å². The Kier molecular flexibility index (Phi) is 6.67. The summed E-state index contributed by atoms with van der Waals surface area (Å²) in [4.78, 5) is 20.1. The maximum Gasteiger partial charge on any atom is 0.282 e. The molecular formula is C23H24BrN7O. The number of hydrogen-bond acceptors (Lipinski definition) is 4. The van der Waals surface area contributed by atoms with Gasteiger partial charge < -0.3 is 21.4 Å². The van der Waals surface area contributed by atoms with E-state index in [1.165, 1.54) is 0 Å². The second-order valence-electron chi connectivity index (χ2n) is 7.43. The van der Waals surface area contributed by atoms with E-state index in [-0.39, 0.29) is 11.5 Å². The fourth-order valence-electron chi connectivity index (χ4n) is 3.40. The molecule has 9 heteroatoms. The molecule has 0 bridgehead atoms. The Morgan fingerprint density at radius 1 is 1.06 bits per heavy atom. The van der Waals surface area contributed by atoms with Gasteiger partial charge in [-0.2, -0.15) is 4.98 Å². The Morgan fingerprint density at radius 2 is 1.78 bits per heavy atom. The SMILES string of the molecule is N=C(N)NCCCNCc1ccc(-c2cn3cc(-c4ccc(Br)cc4)[nH]c3nc2=O)cc1. The zero-order valence-corrected chi connectivity index (χ0v) is 18.9. The first-order valence-electron chi connectivity index (χ1n) is 10.3. The molecule has 4 aromatic rings. The fraction of sp³-hybridized carbons (Fsp3) is 0.174. The number of nitrogens with zero attached hydrogens (tertiary/aromatic N) is 2. The van der Waals surface area contributed by atoms with E-state index in [0.717, 1.165) is 46.4 Å². The van der Waals surface area contributed by atoms with Crippen molar-refractivity contribution in [3.8, 4) is 22.4 Å². The maximum atomic E-state index is 12.6. The predicted octanol–water partition coefficient (Wildman–Crippen LogP) is 3.08. The van der Waals surface area contributed by atoms with Crippen molar-refractivity contribution in [1.82, 2.24) is 25.0 Å². The number of H-pyrrole nitrogens is 1. The molecule has 2 aromatic carbocycles. The number of aromatic nitrogens is 3. The molecule has 32 heavy (non-hydrogen) atoms. The van der Waals surface area contributed by atoms with Crippen LogP contribution in [0.1, 0.15) is 12.0 Å². The quantitative estimate of drug-likeness (QED) is 0.146. The van der Waals surface area contributed by atoms with Gasteiger partial charge >= 0.3 is 0 Å². The third-order valence-electron chi connectivity index (χ3n) is 5.06. The molecule has 0 atom stereocenters. The van der Waals surface area contributed by atoms with E-state index in [2.05, 4.69) is 36.5 Å². The van der Waals surface area contributed by atoms with Gasteiger partial charge in [0.25, 0.3) is 5.56 Å². The van der Waals surface area contributed by atoms with Crippen molar-refractivity contribution in [1.29, 1.82) is 5.41 Å². The lowest BCUT2D eigenvalue weighted by molar-refractivity contribution is 0.639. The minimum atomic E-state index is -0.266. The number of hydrogen-bond donors (Lipinski definition) is 5. The van der Waals surface area contributed by atoms with E-state index in [1.807, 2.05) is 65.3 Å². The van der Waals surface area contributed by atoms with E-state index in [1.54, 1.807) is 0 Å². The molecule has 0 aliphatic heterocycles. The summed E-state index contributed by atoms with van der Waals surface area (Å²) in [5, 5.41) is 13.3. The van der Waals surface area contributed by atoms with Crippen LogP contribution >= 0.6 is 15.9 Å². The van der Waals surface area contributed by atoms with Crippen LogP contribution in [-0.2, 0) is 6.54 Å². The molecule has 2 heterocycles. The van der Waals surface area contributed by atoms with E-state index >= 15 is 0 Å². The van der Waals surface area contributed by atoms with Crippen LogP contribution in [0, 0.1) is 5.41 Å². The zero-order chi connectivity index (χ0) is 22.5. The van der Waals surface area contributed by atoms with Crippen molar-refractivity contribution < 1.29 is 0 Å². The average molecular weight is 494 g/mol. The number of imidazole rings is 1. The Labute approximate surface area is 193 Å². The lowest BCUT2D eigenvalue weighted by Gasteiger charge is -2.07. The number of benzene rings is 2. The molecule has 2 aromatic heterocycles.